The summed E-state index contributed by atoms with van der Waals surface area (Å²) in [5, 5.41) is 8.71. The van der Waals surface area contributed by atoms with Gasteiger partial charge < -0.3 is 10.1 Å². The molecular formula is C7H10N2O. The molecule has 10 heavy (non-hydrogen) atoms. The first-order valence-corrected chi connectivity index (χ1v) is 3.06. The molecule has 3 nitrogen and oxygen atoms in total. The van der Waals surface area contributed by atoms with Gasteiger partial charge in [0.2, 0.25) is 0 Å². The van der Waals surface area contributed by atoms with E-state index < -0.39 is 0 Å². The molecule has 0 atom stereocenters. The van der Waals surface area contributed by atoms with E-state index in [-0.39, 0.29) is 6.61 Å². The molecule has 54 valence electrons. The van der Waals surface area contributed by atoms with Crippen LogP contribution in [0.5, 0.6) is 0 Å². The van der Waals surface area contributed by atoms with Crippen LogP contribution in [0, 0.1) is 6.92 Å². The van der Waals surface area contributed by atoms with Crippen LogP contribution >= 0.6 is 0 Å². The van der Waals surface area contributed by atoms with Gasteiger partial charge in [0.15, 0.2) is 0 Å². The monoisotopic (exact) mass is 138 g/mol. The summed E-state index contributed by atoms with van der Waals surface area (Å²) in [7, 11) is 0. The van der Waals surface area contributed by atoms with E-state index in [0.29, 0.717) is 11.5 Å². The van der Waals surface area contributed by atoms with Crippen molar-refractivity contribution >= 4 is 6.08 Å². The molecule has 1 aromatic heterocycles. The van der Waals surface area contributed by atoms with Crippen molar-refractivity contribution in [2.45, 2.75) is 13.5 Å². The number of rotatable bonds is 2. The molecule has 0 aliphatic rings. The number of aryl methyl sites for hydroxylation is 1. The number of imidazole rings is 1. The molecule has 0 aliphatic carbocycles. The minimum absolute atomic E-state index is 0.0177. The molecular weight excluding hydrogens is 128 g/mol. The van der Waals surface area contributed by atoms with E-state index in [4.69, 9.17) is 5.11 Å². The van der Waals surface area contributed by atoms with Crippen LogP contribution < -0.4 is 0 Å². The number of aromatic amines is 1. The molecule has 0 aromatic carbocycles. The zero-order valence-corrected chi connectivity index (χ0v) is 5.89. The fourth-order valence-electron chi connectivity index (χ4n) is 0.772. The van der Waals surface area contributed by atoms with Gasteiger partial charge in [-0.05, 0) is 13.0 Å². The van der Waals surface area contributed by atoms with Crippen LogP contribution in [-0.2, 0) is 6.61 Å². The summed E-state index contributed by atoms with van der Waals surface area (Å²) in [5.41, 5.74) is 1.59. The lowest BCUT2D eigenvalue weighted by Gasteiger charge is -1.85. The Kier molecular flexibility index (Phi) is 1.87. The van der Waals surface area contributed by atoms with Gasteiger partial charge in [-0.3, -0.25) is 0 Å². The highest BCUT2D eigenvalue weighted by atomic mass is 16.3. The van der Waals surface area contributed by atoms with Gasteiger partial charge in [0.25, 0.3) is 0 Å². The van der Waals surface area contributed by atoms with Crippen LogP contribution in [0.4, 0.5) is 0 Å². The fraction of sp³-hybridized carbons (Fsp3) is 0.286. The zero-order chi connectivity index (χ0) is 7.56. The molecule has 0 amide bonds. The van der Waals surface area contributed by atoms with Gasteiger partial charge in [0, 0.05) is 5.69 Å². The third kappa shape index (κ3) is 1.09. The summed E-state index contributed by atoms with van der Waals surface area (Å²) in [5.74, 6) is 0.710. The van der Waals surface area contributed by atoms with Crippen LogP contribution in [-0.4, -0.2) is 15.1 Å². The largest absolute Gasteiger partial charge is 0.390 e. The molecule has 0 bridgehead atoms. The van der Waals surface area contributed by atoms with Crippen molar-refractivity contribution in [1.82, 2.24) is 9.97 Å². The standard InChI is InChI=1S/C7H10N2O/c1-3-7-8-5(2)6(4-10)9-7/h3,10H,1,4H2,2H3,(H,8,9). The van der Waals surface area contributed by atoms with Crippen LogP contribution in [0.25, 0.3) is 6.08 Å². The number of aromatic nitrogens is 2. The Morgan fingerprint density at radius 3 is 2.80 bits per heavy atom. The predicted octanol–water partition coefficient (Wildman–Crippen LogP) is 0.853. The summed E-state index contributed by atoms with van der Waals surface area (Å²) < 4.78 is 0. The average Bonchev–Trinajstić information content (AvgIpc) is 2.30. The summed E-state index contributed by atoms with van der Waals surface area (Å²) in [6.45, 7) is 5.39. The number of H-pyrrole nitrogens is 1. The Bertz CT molecular complexity index is 240. The van der Waals surface area contributed by atoms with Crippen molar-refractivity contribution in [3.8, 4) is 0 Å². The molecule has 0 radical (unpaired) electrons. The second-order valence-corrected chi connectivity index (χ2v) is 2.06. The maximum absolute atomic E-state index is 8.71. The van der Waals surface area contributed by atoms with Gasteiger partial charge in [-0.2, -0.15) is 0 Å². The highest BCUT2D eigenvalue weighted by Crippen LogP contribution is 2.04. The molecule has 0 saturated carbocycles. The molecule has 0 fully saturated rings. The quantitative estimate of drug-likeness (QED) is 0.636. The first-order valence-electron chi connectivity index (χ1n) is 3.06. The second-order valence-electron chi connectivity index (χ2n) is 2.06. The summed E-state index contributed by atoms with van der Waals surface area (Å²) in [4.78, 5) is 6.98. The smallest absolute Gasteiger partial charge is 0.129 e. The van der Waals surface area contributed by atoms with E-state index in [9.17, 15) is 0 Å². The fourth-order valence-corrected chi connectivity index (χ4v) is 0.772. The number of hydrogen-bond donors (Lipinski definition) is 2. The van der Waals surface area contributed by atoms with Gasteiger partial charge in [-0.25, -0.2) is 4.98 Å². The molecule has 3 heteroatoms. The van der Waals surface area contributed by atoms with Crippen molar-refractivity contribution < 1.29 is 5.11 Å². The van der Waals surface area contributed by atoms with E-state index in [1.807, 2.05) is 6.92 Å². The highest BCUT2D eigenvalue weighted by Gasteiger charge is 2.00. The number of nitrogens with one attached hydrogen (secondary N) is 1. The summed E-state index contributed by atoms with van der Waals surface area (Å²) in [6, 6.07) is 0. The normalized spacial score (nSPS) is 9.80. The molecule has 1 aromatic rings. The second kappa shape index (κ2) is 2.66. The number of nitrogens with zero attached hydrogens (tertiary/aromatic N) is 1. The Morgan fingerprint density at radius 2 is 2.50 bits per heavy atom. The van der Waals surface area contributed by atoms with E-state index in [1.165, 1.54) is 0 Å². The van der Waals surface area contributed by atoms with Crippen LogP contribution in [0.1, 0.15) is 17.2 Å². The minimum Gasteiger partial charge on any atom is -0.390 e. The molecule has 0 saturated heterocycles. The third-order valence-electron chi connectivity index (χ3n) is 1.35. The maximum Gasteiger partial charge on any atom is 0.129 e. The Labute approximate surface area is 59.4 Å². The van der Waals surface area contributed by atoms with E-state index in [0.717, 1.165) is 5.69 Å². The predicted molar refractivity (Wildman–Crippen MR) is 39.3 cm³/mol. The van der Waals surface area contributed by atoms with E-state index in [2.05, 4.69) is 16.5 Å². The Hall–Kier alpha value is -1.09. The lowest BCUT2D eigenvalue weighted by molar-refractivity contribution is 0.276. The SMILES string of the molecule is C=Cc1nc(CO)c(C)[nH]1. The van der Waals surface area contributed by atoms with Gasteiger partial charge in [0.1, 0.15) is 5.82 Å². The Balaban J connectivity index is 3.03. The van der Waals surface area contributed by atoms with Crippen molar-refractivity contribution in [1.29, 1.82) is 0 Å². The topological polar surface area (TPSA) is 48.9 Å². The Morgan fingerprint density at radius 1 is 1.80 bits per heavy atom. The lowest BCUT2D eigenvalue weighted by Crippen LogP contribution is -1.84. The molecule has 0 unspecified atom stereocenters. The van der Waals surface area contributed by atoms with Gasteiger partial charge in [-0.15, -0.1) is 0 Å². The van der Waals surface area contributed by atoms with Crippen LogP contribution in [0.15, 0.2) is 6.58 Å². The summed E-state index contributed by atoms with van der Waals surface area (Å²) >= 11 is 0. The van der Waals surface area contributed by atoms with Crippen molar-refractivity contribution in [3.63, 3.8) is 0 Å². The maximum atomic E-state index is 8.71. The minimum atomic E-state index is -0.0177. The molecule has 1 rings (SSSR count). The highest BCUT2D eigenvalue weighted by molar-refractivity contribution is 5.37. The van der Waals surface area contributed by atoms with Crippen molar-refractivity contribution in [3.05, 3.63) is 23.8 Å². The summed E-state index contributed by atoms with van der Waals surface area (Å²) in [6.07, 6.45) is 1.62. The van der Waals surface area contributed by atoms with Crippen molar-refractivity contribution in [2.75, 3.05) is 0 Å². The van der Waals surface area contributed by atoms with Gasteiger partial charge in [-0.1, -0.05) is 6.58 Å². The van der Waals surface area contributed by atoms with Gasteiger partial charge in [0.05, 0.1) is 12.3 Å². The number of aliphatic hydroxyl groups is 1. The van der Waals surface area contributed by atoms with Gasteiger partial charge >= 0.3 is 0 Å². The van der Waals surface area contributed by atoms with Crippen molar-refractivity contribution in [2.24, 2.45) is 0 Å². The molecule has 2 N–H and O–H groups in total. The molecule has 0 aliphatic heterocycles. The van der Waals surface area contributed by atoms with Crippen LogP contribution in [0.3, 0.4) is 0 Å². The van der Waals surface area contributed by atoms with Crippen LogP contribution in [0.2, 0.25) is 0 Å². The van der Waals surface area contributed by atoms with E-state index >= 15 is 0 Å². The zero-order valence-electron chi connectivity index (χ0n) is 5.89. The number of hydrogen-bond acceptors (Lipinski definition) is 2. The first kappa shape index (κ1) is 7.02. The van der Waals surface area contributed by atoms with E-state index in [1.54, 1.807) is 6.08 Å². The number of aliphatic hydroxyl groups excluding tert-OH is 1. The third-order valence-corrected chi connectivity index (χ3v) is 1.35. The lowest BCUT2D eigenvalue weighted by atomic mass is 10.4. The molecule has 1 heterocycles. The first-order chi connectivity index (χ1) is 4.77. The molecule has 0 spiro atoms. The average molecular weight is 138 g/mol.